The van der Waals surface area contributed by atoms with Crippen LogP contribution in [0.5, 0.6) is 0 Å². The Morgan fingerprint density at radius 3 is 1.88 bits per heavy atom. The molecule has 0 atom stereocenters. The molecule has 1 N–H and O–H groups in total. The molecule has 55 valence electrons. The molecule has 0 rings (SSSR count). The minimum atomic E-state index is -3.67. The molecule has 0 aromatic carbocycles. The molecule has 0 heterocycles. The summed E-state index contributed by atoms with van der Waals surface area (Å²) < 4.78 is 27.6. The molecule has 8 heavy (non-hydrogen) atoms. The zero-order valence-corrected chi connectivity index (χ0v) is 6.69. The van der Waals surface area contributed by atoms with Gasteiger partial charge < -0.3 is 0 Å². The molecular formula is C3H8AgO3S. The van der Waals surface area contributed by atoms with E-state index < -0.39 is 10.1 Å². The van der Waals surface area contributed by atoms with Gasteiger partial charge in [0.15, 0.2) is 0 Å². The van der Waals surface area contributed by atoms with E-state index in [0.717, 1.165) is 0 Å². The monoisotopic (exact) mass is 231 g/mol. The smallest absolute Gasteiger partial charge is 0.264 e. The standard InChI is InChI=1S/C3H8O3S.Ag/c1-2-3-7(4,5)6;/h2-3H2,1H3,(H,4,5,6);. The summed E-state index contributed by atoms with van der Waals surface area (Å²) in [5, 5.41) is 0. The van der Waals surface area contributed by atoms with Crippen LogP contribution in [0.2, 0.25) is 0 Å². The summed E-state index contributed by atoms with van der Waals surface area (Å²) in [5.74, 6) is -0.132. The van der Waals surface area contributed by atoms with Crippen LogP contribution in [-0.4, -0.2) is 18.7 Å². The molecule has 0 aromatic rings. The van der Waals surface area contributed by atoms with Crippen molar-refractivity contribution in [1.29, 1.82) is 0 Å². The molecule has 0 aromatic heterocycles. The van der Waals surface area contributed by atoms with E-state index in [9.17, 15) is 8.42 Å². The maximum absolute atomic E-state index is 9.79. The molecule has 0 aliphatic heterocycles. The van der Waals surface area contributed by atoms with Gasteiger partial charge in [-0.05, 0) is 6.42 Å². The van der Waals surface area contributed by atoms with Gasteiger partial charge in [-0.3, -0.25) is 4.55 Å². The third-order valence-electron chi connectivity index (χ3n) is 0.462. The van der Waals surface area contributed by atoms with E-state index in [2.05, 4.69) is 0 Å². The summed E-state index contributed by atoms with van der Waals surface area (Å²) >= 11 is 0. The zero-order valence-electron chi connectivity index (χ0n) is 4.39. The average molecular weight is 232 g/mol. The number of hydrogen-bond acceptors (Lipinski definition) is 2. The van der Waals surface area contributed by atoms with Crippen molar-refractivity contribution in [1.82, 2.24) is 0 Å². The summed E-state index contributed by atoms with van der Waals surface area (Å²) in [4.78, 5) is 0. The fourth-order valence-corrected chi connectivity index (χ4v) is 0.774. The van der Waals surface area contributed by atoms with E-state index in [-0.39, 0.29) is 28.1 Å². The number of rotatable bonds is 2. The van der Waals surface area contributed by atoms with Gasteiger partial charge in [0.2, 0.25) is 0 Å². The first-order valence-corrected chi connectivity index (χ1v) is 3.62. The predicted octanol–water partition coefficient (Wildman–Crippen LogP) is 0.282. The first-order valence-electron chi connectivity index (χ1n) is 2.01. The van der Waals surface area contributed by atoms with E-state index in [1.54, 1.807) is 6.92 Å². The molecule has 0 aliphatic rings. The summed E-state index contributed by atoms with van der Waals surface area (Å²) in [5.41, 5.74) is 0. The van der Waals surface area contributed by atoms with Crippen molar-refractivity contribution < 1.29 is 35.4 Å². The Morgan fingerprint density at radius 1 is 1.50 bits per heavy atom. The Labute approximate surface area is 64.7 Å². The molecule has 0 amide bonds. The van der Waals surface area contributed by atoms with E-state index in [0.29, 0.717) is 6.42 Å². The molecule has 0 saturated carbocycles. The van der Waals surface area contributed by atoms with Crippen LogP contribution in [0.1, 0.15) is 13.3 Å². The fraction of sp³-hybridized carbons (Fsp3) is 1.00. The maximum Gasteiger partial charge on any atom is 0.264 e. The molecule has 1 radical (unpaired) electrons. The minimum Gasteiger partial charge on any atom is -0.286 e. The van der Waals surface area contributed by atoms with Crippen LogP contribution in [0.15, 0.2) is 0 Å². The summed E-state index contributed by atoms with van der Waals surface area (Å²) in [6, 6.07) is 0. The van der Waals surface area contributed by atoms with Gasteiger partial charge in [-0.25, -0.2) is 0 Å². The zero-order chi connectivity index (χ0) is 5.91. The largest absolute Gasteiger partial charge is 0.286 e. The van der Waals surface area contributed by atoms with E-state index in [1.807, 2.05) is 0 Å². The minimum absolute atomic E-state index is 0. The molecular weight excluding hydrogens is 224 g/mol. The molecule has 3 nitrogen and oxygen atoms in total. The third kappa shape index (κ3) is 9.82. The van der Waals surface area contributed by atoms with Crippen LogP contribution in [-0.2, 0) is 32.5 Å². The van der Waals surface area contributed by atoms with E-state index in [4.69, 9.17) is 4.55 Å². The maximum atomic E-state index is 9.79. The molecule has 0 unspecified atom stereocenters. The van der Waals surface area contributed by atoms with Gasteiger partial charge in [0, 0.05) is 22.4 Å². The molecule has 0 fully saturated rings. The Morgan fingerprint density at radius 2 is 1.88 bits per heavy atom. The Balaban J connectivity index is 0. The molecule has 5 heteroatoms. The van der Waals surface area contributed by atoms with Gasteiger partial charge in [-0.15, -0.1) is 0 Å². The van der Waals surface area contributed by atoms with Gasteiger partial charge >= 0.3 is 0 Å². The van der Waals surface area contributed by atoms with Crippen LogP contribution in [0.25, 0.3) is 0 Å². The van der Waals surface area contributed by atoms with Gasteiger partial charge in [0.1, 0.15) is 0 Å². The van der Waals surface area contributed by atoms with Crippen LogP contribution in [0.3, 0.4) is 0 Å². The predicted molar refractivity (Wildman–Crippen MR) is 26.7 cm³/mol. The van der Waals surface area contributed by atoms with Gasteiger partial charge in [-0.2, -0.15) is 8.42 Å². The third-order valence-corrected chi connectivity index (χ3v) is 1.39. The first kappa shape index (κ1) is 11.4. The van der Waals surface area contributed by atoms with Gasteiger partial charge in [-0.1, -0.05) is 6.92 Å². The first-order chi connectivity index (χ1) is 3.06. The fourth-order valence-electron chi connectivity index (χ4n) is 0.258. The second-order valence-corrected chi connectivity index (χ2v) is 2.86. The normalized spacial score (nSPS) is 10.2. The van der Waals surface area contributed by atoms with Gasteiger partial charge in [0.05, 0.1) is 5.75 Å². The van der Waals surface area contributed by atoms with Gasteiger partial charge in [0.25, 0.3) is 10.1 Å². The second kappa shape index (κ2) is 4.52. The van der Waals surface area contributed by atoms with Crippen molar-refractivity contribution in [2.24, 2.45) is 0 Å². The van der Waals surface area contributed by atoms with Crippen molar-refractivity contribution in [3.8, 4) is 0 Å². The average Bonchev–Trinajstić information content (AvgIpc) is 1.30. The van der Waals surface area contributed by atoms with Crippen molar-refractivity contribution in [3.63, 3.8) is 0 Å². The van der Waals surface area contributed by atoms with Crippen LogP contribution < -0.4 is 0 Å². The summed E-state index contributed by atoms with van der Waals surface area (Å²) in [7, 11) is -3.67. The Bertz CT molecular complexity index is 127. The molecule has 0 spiro atoms. The Kier molecular flexibility index (Phi) is 6.47. The molecule has 0 bridgehead atoms. The number of hydrogen-bond donors (Lipinski definition) is 1. The van der Waals surface area contributed by atoms with E-state index in [1.165, 1.54) is 0 Å². The van der Waals surface area contributed by atoms with Crippen LogP contribution in [0, 0.1) is 0 Å². The van der Waals surface area contributed by atoms with Crippen LogP contribution >= 0.6 is 0 Å². The van der Waals surface area contributed by atoms with E-state index >= 15 is 0 Å². The van der Waals surface area contributed by atoms with Crippen molar-refractivity contribution >= 4 is 10.1 Å². The quantitative estimate of drug-likeness (QED) is 0.549. The summed E-state index contributed by atoms with van der Waals surface area (Å²) in [6.07, 6.45) is 0.471. The van der Waals surface area contributed by atoms with Crippen LogP contribution in [0.4, 0.5) is 0 Å². The summed E-state index contributed by atoms with van der Waals surface area (Å²) in [6.45, 7) is 1.69. The molecule has 0 aliphatic carbocycles. The SMILES string of the molecule is CCCS(=O)(=O)O.[Ag]. The van der Waals surface area contributed by atoms with Crippen molar-refractivity contribution in [2.75, 3.05) is 5.75 Å². The topological polar surface area (TPSA) is 54.4 Å². The Hall–Kier alpha value is 0.650. The van der Waals surface area contributed by atoms with Crippen molar-refractivity contribution in [2.45, 2.75) is 13.3 Å². The molecule has 0 saturated heterocycles. The van der Waals surface area contributed by atoms with Crippen molar-refractivity contribution in [3.05, 3.63) is 0 Å². The second-order valence-electron chi connectivity index (χ2n) is 1.29.